The molecule has 0 bridgehead atoms. The number of hydrogen-bond donors (Lipinski definition) is 1. The Kier molecular flexibility index (Phi) is 10.0. The summed E-state index contributed by atoms with van der Waals surface area (Å²) in [5, 5.41) is 0.635. The van der Waals surface area contributed by atoms with E-state index in [1.54, 1.807) is 0 Å². The fourth-order valence-corrected chi connectivity index (χ4v) is 11.0. The van der Waals surface area contributed by atoms with Crippen molar-refractivity contribution in [3.05, 3.63) is 82.3 Å². The van der Waals surface area contributed by atoms with Gasteiger partial charge in [0.1, 0.15) is 5.75 Å². The van der Waals surface area contributed by atoms with Crippen molar-refractivity contribution >= 4 is 34.7 Å². The minimum Gasteiger partial charge on any atom is -0.494 e. The lowest BCUT2D eigenvalue weighted by Gasteiger charge is -2.45. The van der Waals surface area contributed by atoms with Crippen LogP contribution in [-0.4, -0.2) is 42.5 Å². The Balaban J connectivity index is 0.00000400. The first kappa shape index (κ1) is 30.1. The quantitative estimate of drug-likeness (QED) is 0.219. The van der Waals surface area contributed by atoms with Crippen LogP contribution in [-0.2, 0) is 24.6 Å². The molecule has 0 amide bonds. The van der Waals surface area contributed by atoms with E-state index in [1.807, 2.05) is 48.9 Å². The van der Waals surface area contributed by atoms with Crippen molar-refractivity contribution in [1.82, 2.24) is 4.57 Å². The lowest BCUT2D eigenvalue weighted by Crippen LogP contribution is -2.39. The molecule has 0 radical (unpaired) electrons. The van der Waals surface area contributed by atoms with Crippen LogP contribution in [0, 0.1) is 0 Å². The Morgan fingerprint density at radius 3 is 2.53 bits per heavy atom. The molecule has 1 fully saturated rings. The molecule has 3 aromatic rings. The maximum absolute atomic E-state index is 13.0. The fraction of sp³-hybridized carbons (Fsp3) is 0.419. The lowest BCUT2D eigenvalue weighted by molar-refractivity contribution is 0.0837. The third-order valence-electron chi connectivity index (χ3n) is 7.55. The van der Waals surface area contributed by atoms with Crippen molar-refractivity contribution in [2.45, 2.75) is 56.5 Å². The Bertz CT molecular complexity index is 1370. The van der Waals surface area contributed by atoms with Crippen LogP contribution in [0.5, 0.6) is 5.75 Å². The van der Waals surface area contributed by atoms with Gasteiger partial charge in [0.2, 0.25) is 0 Å². The molecule has 1 atom stereocenters. The third-order valence-corrected chi connectivity index (χ3v) is 13.9. The van der Waals surface area contributed by atoms with Gasteiger partial charge in [0.25, 0.3) is 0 Å². The largest absolute Gasteiger partial charge is 0.494 e. The van der Waals surface area contributed by atoms with Crippen LogP contribution in [0.25, 0.3) is 10.9 Å². The highest BCUT2D eigenvalue weighted by atomic mass is 32.7. The van der Waals surface area contributed by atoms with Crippen molar-refractivity contribution in [2.24, 2.45) is 12.8 Å². The van der Waals surface area contributed by atoms with Crippen molar-refractivity contribution in [3.63, 3.8) is 0 Å². The van der Waals surface area contributed by atoms with Gasteiger partial charge in [-0.15, -0.1) is 0 Å². The number of rotatable bonds is 10. The van der Waals surface area contributed by atoms with Crippen LogP contribution in [0.15, 0.2) is 70.6 Å². The van der Waals surface area contributed by atoms with Crippen LogP contribution < -0.4 is 15.9 Å². The van der Waals surface area contributed by atoms with E-state index in [9.17, 15) is 4.79 Å². The van der Waals surface area contributed by atoms with Gasteiger partial charge in [-0.05, 0) is 86.8 Å². The number of aryl methyl sites for hydroxylation is 3. The van der Waals surface area contributed by atoms with Gasteiger partial charge in [-0.2, -0.15) is 0 Å². The predicted octanol–water partition coefficient (Wildman–Crippen LogP) is 6.86. The first-order chi connectivity index (χ1) is 17.7. The molecule has 7 heteroatoms. The predicted molar refractivity (Wildman–Crippen MR) is 167 cm³/mol. The molecule has 2 heterocycles. The molecule has 5 nitrogen and oxygen atoms in total. The van der Waals surface area contributed by atoms with Gasteiger partial charge in [-0.3, -0.25) is 4.79 Å². The second-order valence-corrected chi connectivity index (χ2v) is 16.8. The van der Waals surface area contributed by atoms with E-state index in [4.69, 9.17) is 15.2 Å². The zero-order valence-electron chi connectivity index (χ0n) is 22.3. The van der Waals surface area contributed by atoms with E-state index in [0.29, 0.717) is 26.2 Å². The molecule has 1 saturated heterocycles. The number of pyridine rings is 1. The molecule has 1 aromatic heterocycles. The van der Waals surface area contributed by atoms with Crippen LogP contribution in [0.4, 0.5) is 0 Å². The highest BCUT2D eigenvalue weighted by Gasteiger charge is 2.43. The highest BCUT2D eigenvalue weighted by Crippen LogP contribution is 2.71. The number of allylic oxidation sites excluding steroid dienone is 1. The van der Waals surface area contributed by atoms with Gasteiger partial charge in [-0.25, -0.2) is 0 Å². The van der Waals surface area contributed by atoms with E-state index in [2.05, 4.69) is 49.2 Å². The number of fused-ring (bicyclic) bond motifs is 1. The van der Waals surface area contributed by atoms with Crippen LogP contribution in [0.3, 0.4) is 0 Å². The van der Waals surface area contributed by atoms with E-state index in [-0.39, 0.29) is 18.0 Å². The molecule has 1 aliphatic heterocycles. The average Bonchev–Trinajstić information content (AvgIpc) is 2.90. The summed E-state index contributed by atoms with van der Waals surface area (Å²) >= 11 is 1.83. The SMILES string of the molecule is C.C=C(N)C1(P(=C)(C)Sc2ccc(OCCCc3cn(C)c4cc(CC)ccc4c3=O)cc2)CCOCC1. The summed E-state index contributed by atoms with van der Waals surface area (Å²) in [6.45, 7) is 10.5. The third kappa shape index (κ3) is 6.25. The topological polar surface area (TPSA) is 66.5 Å². The molecular weight excluding hydrogens is 511 g/mol. The molecule has 1 aliphatic rings. The number of aromatic nitrogens is 1. The fourth-order valence-electron chi connectivity index (χ4n) is 5.17. The zero-order valence-corrected chi connectivity index (χ0v) is 24.0. The van der Waals surface area contributed by atoms with Gasteiger partial charge in [-0.1, -0.05) is 44.7 Å². The molecule has 0 aliphatic carbocycles. The van der Waals surface area contributed by atoms with Gasteiger partial charge < -0.3 is 19.8 Å². The maximum Gasteiger partial charge on any atom is 0.192 e. The van der Waals surface area contributed by atoms with Gasteiger partial charge >= 0.3 is 0 Å². The van der Waals surface area contributed by atoms with Crippen molar-refractivity contribution in [1.29, 1.82) is 0 Å². The number of hydrogen-bond acceptors (Lipinski definition) is 5. The average molecular weight is 555 g/mol. The van der Waals surface area contributed by atoms with E-state index < -0.39 is 6.09 Å². The van der Waals surface area contributed by atoms with Crippen molar-refractivity contribution in [3.8, 4) is 5.75 Å². The molecule has 2 aromatic carbocycles. The van der Waals surface area contributed by atoms with Gasteiger partial charge in [0, 0.05) is 53.2 Å². The smallest absolute Gasteiger partial charge is 0.192 e. The molecule has 0 saturated carbocycles. The molecule has 1 unspecified atom stereocenters. The Labute approximate surface area is 232 Å². The Hall–Kier alpha value is -2.40. The van der Waals surface area contributed by atoms with Crippen molar-refractivity contribution < 1.29 is 9.47 Å². The van der Waals surface area contributed by atoms with Crippen LogP contribution in [0.2, 0.25) is 0 Å². The number of ether oxygens (including phenoxy) is 2. The first-order valence-corrected chi connectivity index (χ1v) is 16.8. The number of nitrogens with two attached hydrogens (primary N) is 1. The second kappa shape index (κ2) is 12.6. The van der Waals surface area contributed by atoms with Crippen molar-refractivity contribution in [2.75, 3.05) is 26.5 Å². The molecule has 0 spiro atoms. The van der Waals surface area contributed by atoms with Gasteiger partial charge in [0.15, 0.2) is 5.43 Å². The summed E-state index contributed by atoms with van der Waals surface area (Å²) < 4.78 is 13.7. The Morgan fingerprint density at radius 2 is 1.89 bits per heavy atom. The van der Waals surface area contributed by atoms with Gasteiger partial charge in [0.05, 0.1) is 12.1 Å². The zero-order chi connectivity index (χ0) is 26.6. The van der Waals surface area contributed by atoms with E-state index in [0.717, 1.165) is 58.5 Å². The normalized spacial score (nSPS) is 16.4. The summed E-state index contributed by atoms with van der Waals surface area (Å²) in [6, 6.07) is 14.3. The maximum atomic E-state index is 13.0. The molecule has 2 N–H and O–H groups in total. The van der Waals surface area contributed by atoms with Crippen LogP contribution >= 0.6 is 17.5 Å². The number of nitrogens with zero attached hydrogens (tertiary/aromatic N) is 1. The summed E-state index contributed by atoms with van der Waals surface area (Å²) in [6.07, 6.45) is 9.05. The highest BCUT2D eigenvalue weighted by molar-refractivity contribution is 8.61. The van der Waals surface area contributed by atoms with E-state index in [1.165, 1.54) is 5.56 Å². The standard InChI is InChI=1S/C30H39N2O3PS.CH4/c1-6-23-9-14-27-28(20-23)32(3)21-24(29(27)33)8-7-17-35-25-10-12-26(13-11-25)37-36(4,5)30(22(2)31)15-18-34-19-16-30;/h9-14,20-21H,2,4,6-8,15-19,31H2,1,3,5H3;1H4. The first-order valence-electron chi connectivity index (χ1n) is 12.9. The molecule has 4 rings (SSSR count). The molecular formula is C31H43N2O3PS. The molecule has 38 heavy (non-hydrogen) atoms. The van der Waals surface area contributed by atoms with Crippen LogP contribution in [0.1, 0.15) is 44.7 Å². The summed E-state index contributed by atoms with van der Waals surface area (Å²) in [4.78, 5) is 14.2. The summed E-state index contributed by atoms with van der Waals surface area (Å²) in [7, 11) is 2.01. The second-order valence-electron chi connectivity index (χ2n) is 10.1. The minimum atomic E-state index is -1.74. The van der Waals surface area contributed by atoms with E-state index >= 15 is 0 Å². The minimum absolute atomic E-state index is 0. The summed E-state index contributed by atoms with van der Waals surface area (Å²) in [5.74, 6) is 0.830. The monoisotopic (exact) mass is 554 g/mol. The summed E-state index contributed by atoms with van der Waals surface area (Å²) in [5.41, 5.74) is 10.2. The molecule has 206 valence electrons. The number of benzene rings is 2. The lowest BCUT2D eigenvalue weighted by atomic mass is 9.96. The Morgan fingerprint density at radius 1 is 1.21 bits per heavy atom.